The Morgan fingerprint density at radius 2 is 2.05 bits per heavy atom. The van der Waals surface area contributed by atoms with Crippen molar-refractivity contribution in [2.45, 2.75) is 19.4 Å². The molecule has 0 saturated carbocycles. The molecular weight excluding hydrogens is 262 g/mol. The number of carboxylic acids is 1. The van der Waals surface area contributed by atoms with E-state index in [1.807, 2.05) is 25.1 Å². The van der Waals surface area contributed by atoms with Crippen LogP contribution in [0.3, 0.4) is 0 Å². The van der Waals surface area contributed by atoms with Crippen LogP contribution < -0.4 is 10.1 Å². The predicted octanol–water partition coefficient (Wildman–Crippen LogP) is 0.844. The second-order valence-corrected chi connectivity index (χ2v) is 4.12. The number of para-hydroxylation sites is 1. The molecule has 1 amide bonds. The minimum absolute atomic E-state index is 0.0938. The van der Waals surface area contributed by atoms with Gasteiger partial charge in [-0.25, -0.2) is 4.79 Å². The summed E-state index contributed by atoms with van der Waals surface area (Å²) in [6.07, 6.45) is -0.246. The Bertz CT molecular complexity index is 461. The van der Waals surface area contributed by atoms with Crippen LogP contribution in [-0.4, -0.2) is 43.3 Å². The zero-order valence-electron chi connectivity index (χ0n) is 11.6. The number of rotatable bonds is 8. The highest BCUT2D eigenvalue weighted by Crippen LogP contribution is 2.17. The normalized spacial score (nSPS) is 11.7. The first kappa shape index (κ1) is 16.0. The quantitative estimate of drug-likeness (QED) is 0.737. The first-order valence-electron chi connectivity index (χ1n) is 6.31. The van der Waals surface area contributed by atoms with Crippen molar-refractivity contribution in [3.05, 3.63) is 29.8 Å². The van der Waals surface area contributed by atoms with Crippen molar-refractivity contribution < 1.29 is 24.2 Å². The molecule has 1 aromatic carbocycles. The number of benzene rings is 1. The zero-order valence-corrected chi connectivity index (χ0v) is 11.6. The zero-order chi connectivity index (χ0) is 15.0. The van der Waals surface area contributed by atoms with E-state index < -0.39 is 12.1 Å². The van der Waals surface area contributed by atoms with E-state index in [0.717, 1.165) is 12.0 Å². The van der Waals surface area contributed by atoms with Gasteiger partial charge in [-0.3, -0.25) is 4.79 Å². The summed E-state index contributed by atoms with van der Waals surface area (Å²) in [4.78, 5) is 22.3. The molecule has 0 radical (unpaired) electrons. The van der Waals surface area contributed by atoms with Gasteiger partial charge in [-0.15, -0.1) is 0 Å². The summed E-state index contributed by atoms with van der Waals surface area (Å²) in [6.45, 7) is 1.74. The van der Waals surface area contributed by atoms with Gasteiger partial charge in [0.1, 0.15) is 5.75 Å². The van der Waals surface area contributed by atoms with Crippen LogP contribution in [0, 0.1) is 0 Å². The topological polar surface area (TPSA) is 84.9 Å². The van der Waals surface area contributed by atoms with Crippen molar-refractivity contribution in [1.29, 1.82) is 0 Å². The Morgan fingerprint density at radius 3 is 2.65 bits per heavy atom. The fraction of sp³-hybridized carbons (Fsp3) is 0.429. The van der Waals surface area contributed by atoms with Crippen LogP contribution in [0.5, 0.6) is 5.75 Å². The largest absolute Gasteiger partial charge is 0.483 e. The maximum Gasteiger partial charge on any atom is 0.334 e. The molecule has 0 bridgehead atoms. The van der Waals surface area contributed by atoms with Crippen LogP contribution in [0.15, 0.2) is 24.3 Å². The number of aliphatic carboxylic acids is 1. The minimum Gasteiger partial charge on any atom is -0.483 e. The first-order chi connectivity index (χ1) is 9.58. The van der Waals surface area contributed by atoms with Gasteiger partial charge >= 0.3 is 5.97 Å². The van der Waals surface area contributed by atoms with Crippen molar-refractivity contribution in [2.75, 3.05) is 20.3 Å². The molecule has 0 aliphatic heterocycles. The second-order valence-electron chi connectivity index (χ2n) is 4.12. The Morgan fingerprint density at radius 1 is 1.35 bits per heavy atom. The molecule has 2 N–H and O–H groups in total. The van der Waals surface area contributed by atoms with E-state index in [4.69, 9.17) is 14.6 Å². The van der Waals surface area contributed by atoms with Crippen LogP contribution in [-0.2, 0) is 20.7 Å². The molecular formula is C14H19NO5. The van der Waals surface area contributed by atoms with Crippen LogP contribution in [0.25, 0.3) is 0 Å². The van der Waals surface area contributed by atoms with E-state index >= 15 is 0 Å². The Labute approximate surface area is 117 Å². The molecule has 110 valence electrons. The van der Waals surface area contributed by atoms with Crippen molar-refractivity contribution in [3.8, 4) is 5.75 Å². The third kappa shape index (κ3) is 4.89. The molecule has 1 atom stereocenters. The third-order valence-electron chi connectivity index (χ3n) is 2.76. The van der Waals surface area contributed by atoms with Gasteiger partial charge in [0.05, 0.1) is 6.54 Å². The predicted molar refractivity (Wildman–Crippen MR) is 72.8 cm³/mol. The van der Waals surface area contributed by atoms with E-state index in [2.05, 4.69) is 5.32 Å². The standard InChI is InChI=1S/C14H19NO5/c1-3-10-6-4-5-7-11(10)20-9-13(16)15-8-12(19-2)14(17)18/h4-7,12H,3,8-9H2,1-2H3,(H,15,16)(H,17,18). The van der Waals surface area contributed by atoms with Crippen molar-refractivity contribution in [3.63, 3.8) is 0 Å². The highest BCUT2D eigenvalue weighted by atomic mass is 16.5. The van der Waals surface area contributed by atoms with Gasteiger partial charge < -0.3 is 19.9 Å². The summed E-state index contributed by atoms with van der Waals surface area (Å²) in [5, 5.41) is 11.2. The molecule has 0 aromatic heterocycles. The lowest BCUT2D eigenvalue weighted by Gasteiger charge is -2.13. The van der Waals surface area contributed by atoms with Crippen LogP contribution >= 0.6 is 0 Å². The van der Waals surface area contributed by atoms with Gasteiger partial charge in [-0.1, -0.05) is 25.1 Å². The summed E-state index contributed by atoms with van der Waals surface area (Å²) in [5.41, 5.74) is 1.01. The third-order valence-corrected chi connectivity index (χ3v) is 2.76. The molecule has 0 aliphatic carbocycles. The van der Waals surface area contributed by atoms with E-state index in [1.165, 1.54) is 7.11 Å². The molecule has 0 spiro atoms. The number of ether oxygens (including phenoxy) is 2. The SMILES string of the molecule is CCc1ccccc1OCC(=O)NCC(OC)C(=O)O. The summed E-state index contributed by atoms with van der Waals surface area (Å²) >= 11 is 0. The maximum absolute atomic E-state index is 11.6. The summed E-state index contributed by atoms with van der Waals surface area (Å²) < 4.78 is 10.1. The number of nitrogens with one attached hydrogen (secondary N) is 1. The molecule has 1 rings (SSSR count). The summed E-state index contributed by atoms with van der Waals surface area (Å²) in [5.74, 6) is -0.851. The molecule has 0 saturated heterocycles. The Hall–Kier alpha value is -2.08. The highest BCUT2D eigenvalue weighted by Gasteiger charge is 2.17. The van der Waals surface area contributed by atoms with Crippen molar-refractivity contribution in [2.24, 2.45) is 0 Å². The molecule has 1 unspecified atom stereocenters. The lowest BCUT2D eigenvalue weighted by molar-refractivity contribution is -0.148. The number of carboxylic acid groups (broad SMARTS) is 1. The smallest absolute Gasteiger partial charge is 0.334 e. The molecule has 0 heterocycles. The number of amides is 1. The van der Waals surface area contributed by atoms with Crippen LogP contribution in [0.4, 0.5) is 0 Å². The Balaban J connectivity index is 2.42. The van der Waals surface area contributed by atoms with Gasteiger partial charge in [0, 0.05) is 7.11 Å². The fourth-order valence-electron chi connectivity index (χ4n) is 1.61. The number of carbonyl (C=O) groups excluding carboxylic acids is 1. The van der Waals surface area contributed by atoms with Crippen LogP contribution in [0.2, 0.25) is 0 Å². The molecule has 6 nitrogen and oxygen atoms in total. The Kier molecular flexibility index (Phi) is 6.52. The molecule has 0 fully saturated rings. The molecule has 6 heteroatoms. The van der Waals surface area contributed by atoms with Gasteiger partial charge in [0.15, 0.2) is 12.7 Å². The first-order valence-corrected chi connectivity index (χ1v) is 6.31. The molecule has 0 aliphatic rings. The van der Waals surface area contributed by atoms with Crippen LogP contribution in [0.1, 0.15) is 12.5 Å². The molecule has 1 aromatic rings. The lowest BCUT2D eigenvalue weighted by atomic mass is 10.1. The average molecular weight is 281 g/mol. The minimum atomic E-state index is -1.12. The van der Waals surface area contributed by atoms with Gasteiger partial charge in [-0.05, 0) is 18.1 Å². The van der Waals surface area contributed by atoms with Crippen molar-refractivity contribution in [1.82, 2.24) is 5.32 Å². The highest BCUT2D eigenvalue weighted by molar-refractivity contribution is 5.79. The fourth-order valence-corrected chi connectivity index (χ4v) is 1.61. The van der Waals surface area contributed by atoms with E-state index in [0.29, 0.717) is 5.75 Å². The van der Waals surface area contributed by atoms with Gasteiger partial charge in [0.2, 0.25) is 0 Å². The van der Waals surface area contributed by atoms with Gasteiger partial charge in [-0.2, -0.15) is 0 Å². The van der Waals surface area contributed by atoms with E-state index in [1.54, 1.807) is 6.07 Å². The molecule has 20 heavy (non-hydrogen) atoms. The second kappa shape index (κ2) is 8.16. The summed E-state index contributed by atoms with van der Waals surface area (Å²) in [6, 6.07) is 7.46. The summed E-state index contributed by atoms with van der Waals surface area (Å²) in [7, 11) is 1.28. The lowest BCUT2D eigenvalue weighted by Crippen LogP contribution is -2.39. The number of hydrogen-bond donors (Lipinski definition) is 2. The number of methoxy groups -OCH3 is 1. The van der Waals surface area contributed by atoms with E-state index in [-0.39, 0.29) is 19.1 Å². The van der Waals surface area contributed by atoms with Gasteiger partial charge in [0.25, 0.3) is 5.91 Å². The number of aryl methyl sites for hydroxylation is 1. The number of carbonyl (C=O) groups is 2. The van der Waals surface area contributed by atoms with E-state index in [9.17, 15) is 9.59 Å². The monoisotopic (exact) mass is 281 g/mol. The van der Waals surface area contributed by atoms with Crippen molar-refractivity contribution >= 4 is 11.9 Å². The maximum atomic E-state index is 11.6. The average Bonchev–Trinajstić information content (AvgIpc) is 2.45. The number of hydrogen-bond acceptors (Lipinski definition) is 4.